The average Bonchev–Trinajstić information content (AvgIpc) is 2.41. The zero-order chi connectivity index (χ0) is 13.7. The van der Waals surface area contributed by atoms with Crippen LogP contribution in [0.4, 0.5) is 8.78 Å². The predicted octanol–water partition coefficient (Wildman–Crippen LogP) is 2.39. The van der Waals surface area contributed by atoms with Gasteiger partial charge in [-0.15, -0.1) is 12.4 Å². The summed E-state index contributed by atoms with van der Waals surface area (Å²) in [6.07, 6.45) is 2.43. The maximum Gasteiger partial charge on any atom is 0.220 e. The van der Waals surface area contributed by atoms with E-state index in [2.05, 4.69) is 10.6 Å². The van der Waals surface area contributed by atoms with E-state index >= 15 is 0 Å². The Balaban J connectivity index is 0.00000200. The average molecular weight is 305 g/mol. The lowest BCUT2D eigenvalue weighted by atomic mass is 9.94. The first-order chi connectivity index (χ1) is 9.15. The van der Waals surface area contributed by atoms with Crippen LogP contribution in [0.15, 0.2) is 18.2 Å². The Morgan fingerprint density at radius 1 is 1.30 bits per heavy atom. The molecule has 0 saturated carbocycles. The van der Waals surface area contributed by atoms with Crippen LogP contribution in [0.2, 0.25) is 0 Å². The Hall–Kier alpha value is -1.20. The van der Waals surface area contributed by atoms with Crippen molar-refractivity contribution in [2.24, 2.45) is 5.92 Å². The van der Waals surface area contributed by atoms with Gasteiger partial charge in [-0.05, 0) is 50.0 Å². The molecule has 0 spiro atoms. The fourth-order valence-corrected chi connectivity index (χ4v) is 2.29. The fourth-order valence-electron chi connectivity index (χ4n) is 2.29. The van der Waals surface area contributed by atoms with Gasteiger partial charge in [-0.3, -0.25) is 4.79 Å². The van der Waals surface area contributed by atoms with E-state index in [0.29, 0.717) is 12.3 Å². The van der Waals surface area contributed by atoms with Crippen LogP contribution in [0.5, 0.6) is 0 Å². The van der Waals surface area contributed by atoms with Crippen LogP contribution in [-0.4, -0.2) is 19.0 Å². The van der Waals surface area contributed by atoms with E-state index in [1.807, 2.05) is 0 Å². The molecular formula is C14H19ClF2N2O. The minimum atomic E-state index is -0.497. The summed E-state index contributed by atoms with van der Waals surface area (Å²) in [4.78, 5) is 11.7. The van der Waals surface area contributed by atoms with E-state index in [1.54, 1.807) is 0 Å². The summed E-state index contributed by atoms with van der Waals surface area (Å²) in [5.41, 5.74) is 0.179. The first-order valence-corrected chi connectivity index (χ1v) is 6.56. The number of halogens is 3. The van der Waals surface area contributed by atoms with Gasteiger partial charge in [-0.1, -0.05) is 0 Å². The molecule has 1 aromatic rings. The molecule has 0 bridgehead atoms. The van der Waals surface area contributed by atoms with Gasteiger partial charge in [0.25, 0.3) is 0 Å². The van der Waals surface area contributed by atoms with Crippen LogP contribution in [0.3, 0.4) is 0 Å². The van der Waals surface area contributed by atoms with E-state index in [1.165, 1.54) is 0 Å². The molecule has 20 heavy (non-hydrogen) atoms. The highest BCUT2D eigenvalue weighted by Gasteiger charge is 2.16. The summed E-state index contributed by atoms with van der Waals surface area (Å²) < 4.78 is 26.3. The van der Waals surface area contributed by atoms with Gasteiger partial charge >= 0.3 is 0 Å². The van der Waals surface area contributed by atoms with Crippen molar-refractivity contribution in [2.45, 2.75) is 25.8 Å². The summed E-state index contributed by atoms with van der Waals surface area (Å²) in [6, 6.07) is 3.25. The van der Waals surface area contributed by atoms with Gasteiger partial charge in [-0.25, -0.2) is 8.78 Å². The fraction of sp³-hybridized carbons (Fsp3) is 0.500. The first-order valence-electron chi connectivity index (χ1n) is 6.56. The molecule has 1 amide bonds. The maximum atomic E-state index is 13.4. The zero-order valence-corrected chi connectivity index (χ0v) is 11.9. The molecule has 1 aliphatic rings. The summed E-state index contributed by atoms with van der Waals surface area (Å²) in [7, 11) is 0. The minimum absolute atomic E-state index is 0. The van der Waals surface area contributed by atoms with Crippen molar-refractivity contribution in [1.82, 2.24) is 10.6 Å². The van der Waals surface area contributed by atoms with E-state index in [-0.39, 0.29) is 30.4 Å². The van der Waals surface area contributed by atoms with Crippen molar-refractivity contribution < 1.29 is 13.6 Å². The molecular weight excluding hydrogens is 286 g/mol. The van der Waals surface area contributed by atoms with Gasteiger partial charge in [0.1, 0.15) is 11.6 Å². The smallest absolute Gasteiger partial charge is 0.220 e. The van der Waals surface area contributed by atoms with E-state index in [0.717, 1.165) is 44.1 Å². The van der Waals surface area contributed by atoms with Gasteiger partial charge in [0.15, 0.2) is 0 Å². The van der Waals surface area contributed by atoms with Crippen molar-refractivity contribution in [2.75, 3.05) is 13.1 Å². The molecule has 6 heteroatoms. The zero-order valence-electron chi connectivity index (χ0n) is 11.1. The number of amides is 1. The Morgan fingerprint density at radius 2 is 2.00 bits per heavy atom. The number of hydrogen-bond acceptors (Lipinski definition) is 2. The lowest BCUT2D eigenvalue weighted by Gasteiger charge is -2.21. The topological polar surface area (TPSA) is 41.1 Å². The molecule has 0 aliphatic carbocycles. The van der Waals surface area contributed by atoms with Crippen molar-refractivity contribution in [3.8, 4) is 0 Å². The van der Waals surface area contributed by atoms with Gasteiger partial charge in [0, 0.05) is 18.5 Å². The summed E-state index contributed by atoms with van der Waals surface area (Å²) in [5.74, 6) is -0.707. The second-order valence-electron chi connectivity index (χ2n) is 4.91. The Labute approximate surface area is 123 Å². The summed E-state index contributed by atoms with van der Waals surface area (Å²) in [5, 5.41) is 5.88. The van der Waals surface area contributed by atoms with Crippen molar-refractivity contribution in [3.63, 3.8) is 0 Å². The number of rotatable bonds is 4. The number of carbonyl (C=O) groups is 1. The quantitative estimate of drug-likeness (QED) is 0.897. The second-order valence-corrected chi connectivity index (χ2v) is 4.91. The highest BCUT2D eigenvalue weighted by molar-refractivity contribution is 5.85. The number of nitrogens with one attached hydrogen (secondary N) is 2. The van der Waals surface area contributed by atoms with E-state index < -0.39 is 11.6 Å². The molecule has 1 aliphatic heterocycles. The van der Waals surface area contributed by atoms with Gasteiger partial charge in [0.05, 0.1) is 0 Å². The molecule has 0 aromatic heterocycles. The number of carbonyl (C=O) groups excluding carboxylic acids is 1. The van der Waals surface area contributed by atoms with Gasteiger partial charge < -0.3 is 10.6 Å². The highest BCUT2D eigenvalue weighted by Crippen LogP contribution is 2.16. The third-order valence-electron chi connectivity index (χ3n) is 3.42. The minimum Gasteiger partial charge on any atom is -0.352 e. The number of piperidine rings is 1. The van der Waals surface area contributed by atoms with Gasteiger partial charge in [0.2, 0.25) is 5.91 Å². The van der Waals surface area contributed by atoms with Crippen LogP contribution in [-0.2, 0) is 11.3 Å². The van der Waals surface area contributed by atoms with Crippen molar-refractivity contribution in [1.29, 1.82) is 0 Å². The van der Waals surface area contributed by atoms with Crippen LogP contribution >= 0.6 is 12.4 Å². The first kappa shape index (κ1) is 16.9. The van der Waals surface area contributed by atoms with Crippen LogP contribution in [0.1, 0.15) is 24.8 Å². The van der Waals surface area contributed by atoms with Gasteiger partial charge in [-0.2, -0.15) is 0 Å². The van der Waals surface area contributed by atoms with E-state index in [4.69, 9.17) is 0 Å². The lowest BCUT2D eigenvalue weighted by Crippen LogP contribution is -2.32. The van der Waals surface area contributed by atoms with Crippen molar-refractivity contribution in [3.05, 3.63) is 35.4 Å². The molecule has 0 radical (unpaired) electrons. The third-order valence-corrected chi connectivity index (χ3v) is 3.42. The SMILES string of the molecule is Cl.O=C(CC1CCNCC1)NCc1cc(F)ccc1F. The maximum absolute atomic E-state index is 13.4. The Kier molecular flexibility index (Phi) is 6.88. The molecule has 0 atom stereocenters. The Bertz CT molecular complexity index is 451. The van der Waals surface area contributed by atoms with Crippen LogP contribution < -0.4 is 10.6 Å². The molecule has 112 valence electrons. The lowest BCUT2D eigenvalue weighted by molar-refractivity contribution is -0.122. The molecule has 1 fully saturated rings. The predicted molar refractivity (Wildman–Crippen MR) is 75.7 cm³/mol. The molecule has 2 N–H and O–H groups in total. The molecule has 1 heterocycles. The molecule has 3 nitrogen and oxygen atoms in total. The number of hydrogen-bond donors (Lipinski definition) is 2. The molecule has 1 saturated heterocycles. The molecule has 2 rings (SSSR count). The second kappa shape index (κ2) is 8.17. The standard InChI is InChI=1S/C14H18F2N2O.ClH/c15-12-1-2-13(16)11(8-12)9-18-14(19)7-10-3-5-17-6-4-10;/h1-2,8,10,17H,3-7,9H2,(H,18,19);1H. The van der Waals surface area contributed by atoms with Crippen LogP contribution in [0, 0.1) is 17.6 Å². The van der Waals surface area contributed by atoms with Crippen molar-refractivity contribution >= 4 is 18.3 Å². The molecule has 1 aromatic carbocycles. The highest BCUT2D eigenvalue weighted by atomic mass is 35.5. The largest absolute Gasteiger partial charge is 0.352 e. The summed E-state index contributed by atoms with van der Waals surface area (Å²) >= 11 is 0. The van der Waals surface area contributed by atoms with E-state index in [9.17, 15) is 13.6 Å². The monoisotopic (exact) mass is 304 g/mol. The summed E-state index contributed by atoms with van der Waals surface area (Å²) in [6.45, 7) is 1.92. The Morgan fingerprint density at radius 3 is 2.70 bits per heavy atom. The normalized spacial score (nSPS) is 15.5. The third kappa shape index (κ3) is 5.06. The number of benzene rings is 1. The van der Waals surface area contributed by atoms with Crippen LogP contribution in [0.25, 0.3) is 0 Å². The molecule has 0 unspecified atom stereocenters.